The number of H-pyrrole nitrogens is 1. The minimum atomic E-state index is -0.985. The van der Waals surface area contributed by atoms with Crippen molar-refractivity contribution < 1.29 is 9.90 Å². The molecule has 1 aromatic heterocycles. The fourth-order valence-electron chi connectivity index (χ4n) is 3.23. The molecule has 0 bridgehead atoms. The van der Waals surface area contributed by atoms with Crippen molar-refractivity contribution in [1.29, 1.82) is 0 Å². The molecule has 3 rings (SSSR count). The van der Waals surface area contributed by atoms with Crippen LogP contribution in [0.5, 0.6) is 0 Å². The van der Waals surface area contributed by atoms with Crippen molar-refractivity contribution in [2.75, 3.05) is 24.5 Å². The van der Waals surface area contributed by atoms with Gasteiger partial charge in [-0.15, -0.1) is 0 Å². The van der Waals surface area contributed by atoms with Gasteiger partial charge in [0, 0.05) is 13.1 Å². The average molecular weight is 398 g/mol. The van der Waals surface area contributed by atoms with Crippen LogP contribution in [0.1, 0.15) is 24.0 Å². The maximum absolute atomic E-state index is 12.4. The predicted molar refractivity (Wildman–Crippen MR) is 111 cm³/mol. The number of nitrogens with zero attached hydrogens (tertiary/aromatic N) is 3. The number of rotatable bonds is 8. The number of carboxylic acid groups (broad SMARTS) is 1. The van der Waals surface area contributed by atoms with E-state index in [1.807, 2.05) is 24.8 Å². The van der Waals surface area contributed by atoms with E-state index in [4.69, 9.17) is 10.8 Å². The molecular weight excluding hydrogens is 372 g/mol. The zero-order valence-corrected chi connectivity index (χ0v) is 16.7. The van der Waals surface area contributed by atoms with Gasteiger partial charge in [-0.3, -0.25) is 9.59 Å². The van der Waals surface area contributed by atoms with Crippen LogP contribution in [-0.2, 0) is 4.79 Å². The van der Waals surface area contributed by atoms with E-state index in [-0.39, 0.29) is 16.4 Å². The fourth-order valence-corrected chi connectivity index (χ4v) is 3.23. The van der Waals surface area contributed by atoms with E-state index in [0.29, 0.717) is 38.3 Å². The van der Waals surface area contributed by atoms with Gasteiger partial charge in [0.05, 0.1) is 11.4 Å². The number of fused-ring (bicyclic) bond motifs is 2. The average Bonchev–Trinajstić information content (AvgIpc) is 2.65. The van der Waals surface area contributed by atoms with Gasteiger partial charge in [-0.1, -0.05) is 6.58 Å². The number of carbonyl (C=O) groups is 1. The second-order valence-corrected chi connectivity index (χ2v) is 7.21. The molecule has 1 aliphatic rings. The molecule has 154 valence electrons. The summed E-state index contributed by atoms with van der Waals surface area (Å²) in [5.74, 6) is -0.495. The number of benzene rings is 1. The third-order valence-electron chi connectivity index (χ3n) is 4.99. The van der Waals surface area contributed by atoms with Gasteiger partial charge in [0.2, 0.25) is 0 Å². The van der Waals surface area contributed by atoms with Crippen molar-refractivity contribution in [1.82, 2.24) is 15.3 Å². The molecule has 0 radical (unpaired) electrons. The van der Waals surface area contributed by atoms with E-state index in [1.54, 1.807) is 0 Å². The van der Waals surface area contributed by atoms with Crippen molar-refractivity contribution in [3.63, 3.8) is 0 Å². The molecule has 0 amide bonds. The molecule has 0 unspecified atom stereocenters. The minimum Gasteiger partial charge on any atom is -0.480 e. The van der Waals surface area contributed by atoms with E-state index in [1.165, 1.54) is 0 Å². The number of anilines is 2. The van der Waals surface area contributed by atoms with Gasteiger partial charge in [-0.05, 0) is 56.5 Å². The Labute approximate surface area is 168 Å². The van der Waals surface area contributed by atoms with E-state index in [0.717, 1.165) is 22.5 Å². The first-order valence-corrected chi connectivity index (χ1v) is 9.54. The van der Waals surface area contributed by atoms with E-state index in [9.17, 15) is 9.59 Å². The second kappa shape index (κ2) is 8.54. The number of aromatic nitrogens is 2. The van der Waals surface area contributed by atoms with Crippen molar-refractivity contribution in [3.8, 4) is 0 Å². The monoisotopic (exact) mass is 398 g/mol. The first-order chi connectivity index (χ1) is 13.8. The topological polar surface area (TPSA) is 137 Å². The lowest BCUT2D eigenvalue weighted by Gasteiger charge is -2.28. The Morgan fingerprint density at radius 2 is 2.07 bits per heavy atom. The first kappa shape index (κ1) is 20.7. The number of carboxylic acids is 1. The van der Waals surface area contributed by atoms with Crippen LogP contribution in [0, 0.1) is 13.8 Å². The summed E-state index contributed by atoms with van der Waals surface area (Å²) in [7, 11) is 0. The van der Waals surface area contributed by atoms with Crippen LogP contribution in [0.4, 0.5) is 17.2 Å². The molecule has 0 saturated heterocycles. The van der Waals surface area contributed by atoms with Crippen molar-refractivity contribution >= 4 is 29.7 Å². The molecule has 5 N–H and O–H groups in total. The maximum Gasteiger partial charge on any atom is 0.320 e. The molecule has 0 spiro atoms. The Hall–Kier alpha value is -3.04. The molecule has 2 aromatic rings. The molecule has 1 atom stereocenters. The molecule has 9 heteroatoms. The van der Waals surface area contributed by atoms with Gasteiger partial charge in [-0.25, -0.2) is 9.98 Å². The molecular formula is C20H26N6O3. The van der Waals surface area contributed by atoms with Gasteiger partial charge in [0.15, 0.2) is 11.2 Å². The molecule has 2 heterocycles. The fraction of sp³-hybridized carbons (Fsp3) is 0.400. The standard InChI is InChI=1S/C20H26N6O3/c1-11-9-15-16(10-12(11)2)26(8-7-22-6-4-5-14(21)20(28)29)18-17(25-15)19(27)24-13(3)23-18/h9-10,14,22H,3-8,21H2,1-2H3,(H,24,27)(H,28,29)/t14-/m0/s1. The summed E-state index contributed by atoms with van der Waals surface area (Å²) in [5.41, 5.74) is 9.35. The highest BCUT2D eigenvalue weighted by atomic mass is 16.4. The summed E-state index contributed by atoms with van der Waals surface area (Å²) in [4.78, 5) is 36.7. The van der Waals surface area contributed by atoms with Gasteiger partial charge in [0.25, 0.3) is 5.56 Å². The lowest BCUT2D eigenvalue weighted by Crippen LogP contribution is -2.44. The number of aromatic amines is 1. The normalized spacial score (nSPS) is 13.4. The Bertz CT molecular complexity index is 1090. The number of aliphatic carboxylic acids is 1. The van der Waals surface area contributed by atoms with Crippen molar-refractivity contribution in [2.24, 2.45) is 10.7 Å². The third-order valence-corrected chi connectivity index (χ3v) is 4.99. The van der Waals surface area contributed by atoms with E-state index >= 15 is 0 Å². The van der Waals surface area contributed by atoms with E-state index in [2.05, 4.69) is 32.9 Å². The SMILES string of the molecule is C=c1nc2c(c(=O)[nH]1)=Nc1cc(C)c(C)cc1N2CCNCCC[C@H](N)C(=O)O. The maximum atomic E-state index is 12.4. The summed E-state index contributed by atoms with van der Waals surface area (Å²) in [6, 6.07) is 3.19. The lowest BCUT2D eigenvalue weighted by atomic mass is 10.1. The summed E-state index contributed by atoms with van der Waals surface area (Å²) in [6.45, 7) is 9.63. The molecule has 29 heavy (non-hydrogen) atoms. The molecule has 9 nitrogen and oxygen atoms in total. The molecule has 1 aliphatic heterocycles. The van der Waals surface area contributed by atoms with Crippen molar-refractivity contribution in [2.45, 2.75) is 32.7 Å². The molecule has 0 aliphatic carbocycles. The highest BCUT2D eigenvalue weighted by Gasteiger charge is 2.23. The molecule has 0 saturated carbocycles. The Kier molecular flexibility index (Phi) is 6.09. The minimum absolute atomic E-state index is 0.278. The van der Waals surface area contributed by atoms with Crippen LogP contribution in [0.15, 0.2) is 21.9 Å². The number of nitrogens with one attached hydrogen (secondary N) is 2. The highest BCUT2D eigenvalue weighted by molar-refractivity contribution is 5.77. The van der Waals surface area contributed by atoms with Crippen LogP contribution in [0.25, 0.3) is 6.58 Å². The Balaban J connectivity index is 1.79. The summed E-state index contributed by atoms with van der Waals surface area (Å²) in [5, 5.41) is 12.4. The zero-order valence-electron chi connectivity index (χ0n) is 16.7. The highest BCUT2D eigenvalue weighted by Crippen LogP contribution is 2.36. The summed E-state index contributed by atoms with van der Waals surface area (Å²) < 4.78 is 0. The lowest BCUT2D eigenvalue weighted by molar-refractivity contribution is -0.138. The molecule has 0 fully saturated rings. The van der Waals surface area contributed by atoms with E-state index < -0.39 is 12.0 Å². The largest absolute Gasteiger partial charge is 0.480 e. The quantitative estimate of drug-likeness (QED) is 0.459. The van der Waals surface area contributed by atoms with Crippen LogP contribution in [0.2, 0.25) is 0 Å². The van der Waals surface area contributed by atoms with Gasteiger partial charge >= 0.3 is 5.97 Å². The Morgan fingerprint density at radius 1 is 1.34 bits per heavy atom. The van der Waals surface area contributed by atoms with Gasteiger partial charge < -0.3 is 26.0 Å². The Morgan fingerprint density at radius 3 is 2.79 bits per heavy atom. The third kappa shape index (κ3) is 4.52. The van der Waals surface area contributed by atoms with Gasteiger partial charge in [-0.2, -0.15) is 0 Å². The number of nitrogens with two attached hydrogens (primary N) is 1. The van der Waals surface area contributed by atoms with Crippen LogP contribution >= 0.6 is 0 Å². The number of hydrogen-bond donors (Lipinski definition) is 4. The smallest absolute Gasteiger partial charge is 0.320 e. The van der Waals surface area contributed by atoms with Crippen LogP contribution < -0.4 is 32.3 Å². The first-order valence-electron chi connectivity index (χ1n) is 9.54. The molecule has 1 aromatic carbocycles. The predicted octanol–water partition coefficient (Wildman–Crippen LogP) is -0.0185. The summed E-state index contributed by atoms with van der Waals surface area (Å²) in [6.07, 6.45) is 1.08. The second-order valence-electron chi connectivity index (χ2n) is 7.21. The number of hydrogen-bond acceptors (Lipinski definition) is 7. The zero-order chi connectivity index (χ0) is 21.1. The summed E-state index contributed by atoms with van der Waals surface area (Å²) >= 11 is 0. The van der Waals surface area contributed by atoms with Crippen LogP contribution in [-0.4, -0.2) is 46.7 Å². The van der Waals surface area contributed by atoms with Gasteiger partial charge in [0.1, 0.15) is 11.5 Å². The van der Waals surface area contributed by atoms with Crippen LogP contribution in [0.3, 0.4) is 0 Å². The number of aryl methyl sites for hydroxylation is 2. The van der Waals surface area contributed by atoms with Crippen molar-refractivity contribution in [3.05, 3.63) is 44.5 Å².